The van der Waals surface area contributed by atoms with Gasteiger partial charge in [0.1, 0.15) is 11.6 Å². The summed E-state index contributed by atoms with van der Waals surface area (Å²) in [5, 5.41) is 3.31. The molecule has 1 aromatic rings. The second kappa shape index (κ2) is 7.24. The average molecular weight is 265 g/mol. The smallest absolute Gasteiger partial charge is 0.141 e. The van der Waals surface area contributed by atoms with Crippen molar-refractivity contribution in [3.05, 3.63) is 36.3 Å². The van der Waals surface area contributed by atoms with Gasteiger partial charge in [-0.25, -0.2) is 9.37 Å². The minimum atomic E-state index is -0.299. The molecule has 106 valence electrons. The molecular weight excluding hydrogens is 241 g/mol. The second-order valence-corrected chi connectivity index (χ2v) is 5.21. The van der Waals surface area contributed by atoms with E-state index < -0.39 is 0 Å². The summed E-state index contributed by atoms with van der Waals surface area (Å²) in [6.07, 6.45) is 3.11. The summed E-state index contributed by atoms with van der Waals surface area (Å²) in [4.78, 5) is 6.37. The number of hydrogen-bond donors (Lipinski definition) is 1. The van der Waals surface area contributed by atoms with Crippen LogP contribution in [0.5, 0.6) is 0 Å². The molecule has 0 radical (unpaired) electrons. The maximum absolute atomic E-state index is 13.4. The Labute approximate surface area is 115 Å². The van der Waals surface area contributed by atoms with Crippen molar-refractivity contribution in [3.63, 3.8) is 0 Å². The summed E-state index contributed by atoms with van der Waals surface area (Å²) in [6.45, 7) is 13.4. The molecule has 0 amide bonds. The maximum Gasteiger partial charge on any atom is 0.141 e. The summed E-state index contributed by atoms with van der Waals surface area (Å²) >= 11 is 0. The number of anilines is 1. The molecule has 0 atom stereocenters. The summed E-state index contributed by atoms with van der Waals surface area (Å²) < 4.78 is 13.4. The van der Waals surface area contributed by atoms with Gasteiger partial charge in [0.25, 0.3) is 0 Å². The van der Waals surface area contributed by atoms with Crippen LogP contribution in [0.2, 0.25) is 0 Å². The summed E-state index contributed by atoms with van der Waals surface area (Å²) in [5.41, 5.74) is 0.879. The molecule has 1 rings (SSSR count). The number of nitrogens with one attached hydrogen (secondary N) is 1. The Kier molecular flexibility index (Phi) is 5.96. The van der Waals surface area contributed by atoms with Crippen molar-refractivity contribution >= 4 is 5.82 Å². The second-order valence-electron chi connectivity index (χ2n) is 5.21. The zero-order chi connectivity index (χ0) is 14.4. The van der Waals surface area contributed by atoms with E-state index in [1.165, 1.54) is 6.20 Å². The molecule has 0 fully saturated rings. The summed E-state index contributed by atoms with van der Waals surface area (Å²) in [5.74, 6) is 0.524. The Hall–Kier alpha value is -1.42. The van der Waals surface area contributed by atoms with E-state index in [9.17, 15) is 4.39 Å². The standard InChI is InChI=1S/C15H24FN3/c1-6-7-19(12(4)5)15-13(9-17-11(2)3)8-14(16)10-18-15/h6,8,10-12,17H,1,7,9H2,2-5H3. The third kappa shape index (κ3) is 4.63. The van der Waals surface area contributed by atoms with Crippen LogP contribution in [0.3, 0.4) is 0 Å². The Bertz CT molecular complexity index is 416. The normalized spacial score (nSPS) is 11.1. The molecular formula is C15H24FN3. The molecule has 1 aromatic heterocycles. The molecule has 0 aliphatic carbocycles. The van der Waals surface area contributed by atoms with Crippen LogP contribution in [0.1, 0.15) is 33.3 Å². The highest BCUT2D eigenvalue weighted by molar-refractivity contribution is 5.48. The fourth-order valence-electron chi connectivity index (χ4n) is 1.86. The van der Waals surface area contributed by atoms with Crippen molar-refractivity contribution in [3.8, 4) is 0 Å². The summed E-state index contributed by atoms with van der Waals surface area (Å²) in [6, 6.07) is 2.19. The molecule has 4 heteroatoms. The van der Waals surface area contributed by atoms with E-state index in [2.05, 4.69) is 49.5 Å². The fraction of sp³-hybridized carbons (Fsp3) is 0.533. The molecule has 0 aliphatic heterocycles. The van der Waals surface area contributed by atoms with E-state index in [0.29, 0.717) is 19.1 Å². The first-order chi connectivity index (χ1) is 8.95. The SMILES string of the molecule is C=CCN(c1ncc(F)cc1CNC(C)C)C(C)C. The summed E-state index contributed by atoms with van der Waals surface area (Å²) in [7, 11) is 0. The van der Waals surface area contributed by atoms with Gasteiger partial charge in [-0.2, -0.15) is 0 Å². The average Bonchev–Trinajstić information content (AvgIpc) is 2.34. The van der Waals surface area contributed by atoms with Crippen molar-refractivity contribution in [2.75, 3.05) is 11.4 Å². The van der Waals surface area contributed by atoms with Crippen molar-refractivity contribution in [1.29, 1.82) is 0 Å². The van der Waals surface area contributed by atoms with E-state index in [0.717, 1.165) is 11.4 Å². The minimum absolute atomic E-state index is 0.286. The highest BCUT2D eigenvalue weighted by Gasteiger charge is 2.15. The highest BCUT2D eigenvalue weighted by Crippen LogP contribution is 2.21. The van der Waals surface area contributed by atoms with Crippen LogP contribution in [0.25, 0.3) is 0 Å². The number of rotatable bonds is 7. The third-order valence-electron chi connectivity index (χ3n) is 2.83. The maximum atomic E-state index is 13.4. The van der Waals surface area contributed by atoms with Crippen LogP contribution in [0, 0.1) is 5.82 Å². The van der Waals surface area contributed by atoms with Crippen LogP contribution >= 0.6 is 0 Å². The quantitative estimate of drug-likeness (QED) is 0.768. The lowest BCUT2D eigenvalue weighted by atomic mass is 10.2. The predicted molar refractivity (Wildman–Crippen MR) is 78.8 cm³/mol. The highest BCUT2D eigenvalue weighted by atomic mass is 19.1. The molecule has 0 saturated carbocycles. The Morgan fingerprint density at radius 3 is 2.63 bits per heavy atom. The first-order valence-corrected chi connectivity index (χ1v) is 6.71. The first kappa shape index (κ1) is 15.6. The molecule has 0 aliphatic rings. The van der Waals surface area contributed by atoms with Gasteiger partial charge in [0, 0.05) is 30.7 Å². The van der Waals surface area contributed by atoms with Crippen molar-refractivity contribution in [2.45, 2.75) is 46.3 Å². The lowest BCUT2D eigenvalue weighted by molar-refractivity contribution is 0.574. The number of hydrogen-bond acceptors (Lipinski definition) is 3. The number of halogens is 1. The zero-order valence-electron chi connectivity index (χ0n) is 12.3. The van der Waals surface area contributed by atoms with Gasteiger partial charge in [0.05, 0.1) is 6.20 Å². The molecule has 1 N–H and O–H groups in total. The lowest BCUT2D eigenvalue weighted by Crippen LogP contribution is -2.33. The van der Waals surface area contributed by atoms with Crippen LogP contribution in [0.15, 0.2) is 24.9 Å². The molecule has 0 unspecified atom stereocenters. The monoisotopic (exact) mass is 265 g/mol. The molecule has 0 bridgehead atoms. The van der Waals surface area contributed by atoms with Crippen molar-refractivity contribution in [2.24, 2.45) is 0 Å². The molecule has 1 heterocycles. The van der Waals surface area contributed by atoms with E-state index in [4.69, 9.17) is 0 Å². The molecule has 19 heavy (non-hydrogen) atoms. The largest absolute Gasteiger partial charge is 0.350 e. The fourth-order valence-corrected chi connectivity index (χ4v) is 1.86. The van der Waals surface area contributed by atoms with Gasteiger partial charge in [-0.05, 0) is 19.9 Å². The van der Waals surface area contributed by atoms with Gasteiger partial charge in [0.2, 0.25) is 0 Å². The van der Waals surface area contributed by atoms with Gasteiger partial charge in [-0.3, -0.25) is 0 Å². The molecule has 0 aromatic carbocycles. The van der Waals surface area contributed by atoms with Crippen LogP contribution < -0.4 is 10.2 Å². The van der Waals surface area contributed by atoms with Gasteiger partial charge >= 0.3 is 0 Å². The molecule has 3 nitrogen and oxygen atoms in total. The van der Waals surface area contributed by atoms with Crippen LogP contribution in [0.4, 0.5) is 10.2 Å². The van der Waals surface area contributed by atoms with E-state index in [-0.39, 0.29) is 11.9 Å². The molecule has 0 saturated heterocycles. The van der Waals surface area contributed by atoms with Gasteiger partial charge < -0.3 is 10.2 Å². The number of pyridine rings is 1. The Morgan fingerprint density at radius 2 is 2.11 bits per heavy atom. The predicted octanol–water partition coefficient (Wildman–Crippen LogP) is 3.12. The van der Waals surface area contributed by atoms with Gasteiger partial charge in [0.15, 0.2) is 0 Å². The van der Waals surface area contributed by atoms with Gasteiger partial charge in [-0.1, -0.05) is 19.9 Å². The lowest BCUT2D eigenvalue weighted by Gasteiger charge is -2.28. The molecule has 0 spiro atoms. The van der Waals surface area contributed by atoms with Crippen molar-refractivity contribution < 1.29 is 4.39 Å². The van der Waals surface area contributed by atoms with Crippen LogP contribution in [-0.2, 0) is 6.54 Å². The van der Waals surface area contributed by atoms with Gasteiger partial charge in [-0.15, -0.1) is 6.58 Å². The Balaban J connectivity index is 3.05. The minimum Gasteiger partial charge on any atom is -0.350 e. The number of aromatic nitrogens is 1. The van der Waals surface area contributed by atoms with E-state index >= 15 is 0 Å². The third-order valence-corrected chi connectivity index (χ3v) is 2.83. The first-order valence-electron chi connectivity index (χ1n) is 6.71. The van der Waals surface area contributed by atoms with E-state index in [1.54, 1.807) is 6.07 Å². The Morgan fingerprint density at radius 1 is 1.42 bits per heavy atom. The van der Waals surface area contributed by atoms with Crippen molar-refractivity contribution in [1.82, 2.24) is 10.3 Å². The van der Waals surface area contributed by atoms with Crippen LogP contribution in [-0.4, -0.2) is 23.6 Å². The number of nitrogens with zero attached hydrogens (tertiary/aromatic N) is 2. The van der Waals surface area contributed by atoms with E-state index in [1.807, 2.05) is 6.08 Å². The zero-order valence-corrected chi connectivity index (χ0v) is 12.3. The topological polar surface area (TPSA) is 28.2 Å².